The van der Waals surface area contributed by atoms with Crippen LogP contribution in [-0.2, 0) is 11.8 Å². The molecular weight excluding hydrogens is 264 g/mol. The first-order valence-electron chi connectivity index (χ1n) is 5.91. The van der Waals surface area contributed by atoms with Gasteiger partial charge in [0.05, 0.1) is 21.4 Å². The second kappa shape index (κ2) is 5.07. The van der Waals surface area contributed by atoms with Gasteiger partial charge in [-0.05, 0) is 6.92 Å². The Labute approximate surface area is 116 Å². The number of rotatable bonds is 3. The SMILES string of the molecule is Cc1nc(C(O)Cc2nc(C(C)(C)C)cs2)cs1. The number of aliphatic hydroxyl groups is 1. The molecule has 2 aromatic heterocycles. The summed E-state index contributed by atoms with van der Waals surface area (Å²) in [6.45, 7) is 8.38. The number of thiazole rings is 2. The van der Waals surface area contributed by atoms with E-state index in [1.54, 1.807) is 22.7 Å². The molecule has 2 rings (SSSR count). The van der Waals surface area contributed by atoms with Crippen LogP contribution in [0.4, 0.5) is 0 Å². The topological polar surface area (TPSA) is 46.0 Å². The van der Waals surface area contributed by atoms with Gasteiger partial charge in [-0.3, -0.25) is 0 Å². The van der Waals surface area contributed by atoms with Gasteiger partial charge >= 0.3 is 0 Å². The molecule has 0 aliphatic carbocycles. The maximum atomic E-state index is 10.1. The van der Waals surface area contributed by atoms with Crippen molar-refractivity contribution in [2.24, 2.45) is 0 Å². The lowest BCUT2D eigenvalue weighted by Crippen LogP contribution is -2.12. The Bertz CT molecular complexity index is 525. The number of hydrogen-bond donors (Lipinski definition) is 1. The van der Waals surface area contributed by atoms with E-state index in [1.165, 1.54) is 0 Å². The maximum Gasteiger partial charge on any atom is 0.103 e. The summed E-state index contributed by atoms with van der Waals surface area (Å²) in [5.41, 5.74) is 1.91. The Balaban J connectivity index is 2.08. The van der Waals surface area contributed by atoms with Crippen molar-refractivity contribution in [3.05, 3.63) is 32.2 Å². The zero-order chi connectivity index (χ0) is 13.3. The molecule has 0 aromatic carbocycles. The Hall–Kier alpha value is -0.780. The third-order valence-corrected chi connectivity index (χ3v) is 4.33. The van der Waals surface area contributed by atoms with Crippen molar-refractivity contribution in [3.8, 4) is 0 Å². The number of nitrogens with zero attached hydrogens (tertiary/aromatic N) is 2. The van der Waals surface area contributed by atoms with Gasteiger partial charge in [-0.1, -0.05) is 20.8 Å². The summed E-state index contributed by atoms with van der Waals surface area (Å²) in [6, 6.07) is 0. The lowest BCUT2D eigenvalue weighted by molar-refractivity contribution is 0.174. The van der Waals surface area contributed by atoms with Crippen molar-refractivity contribution >= 4 is 22.7 Å². The molecule has 1 unspecified atom stereocenters. The van der Waals surface area contributed by atoms with Gasteiger partial charge in [0.2, 0.25) is 0 Å². The molecule has 2 heterocycles. The summed E-state index contributed by atoms with van der Waals surface area (Å²) in [5, 5.41) is 16.1. The molecule has 2 aromatic rings. The minimum Gasteiger partial charge on any atom is -0.386 e. The Kier molecular flexibility index (Phi) is 3.84. The predicted octanol–water partition coefficient (Wildman–Crippen LogP) is 3.48. The van der Waals surface area contributed by atoms with Crippen LogP contribution in [0.15, 0.2) is 10.8 Å². The van der Waals surface area contributed by atoms with E-state index >= 15 is 0 Å². The monoisotopic (exact) mass is 282 g/mol. The van der Waals surface area contributed by atoms with Crippen LogP contribution < -0.4 is 0 Å². The van der Waals surface area contributed by atoms with Crippen molar-refractivity contribution in [3.63, 3.8) is 0 Å². The summed E-state index contributed by atoms with van der Waals surface area (Å²) in [7, 11) is 0. The van der Waals surface area contributed by atoms with Crippen LogP contribution in [0.25, 0.3) is 0 Å². The van der Waals surface area contributed by atoms with Crippen molar-refractivity contribution in [2.45, 2.75) is 45.6 Å². The van der Waals surface area contributed by atoms with Gasteiger partial charge in [-0.2, -0.15) is 0 Å². The fourth-order valence-electron chi connectivity index (χ4n) is 1.55. The summed E-state index contributed by atoms with van der Waals surface area (Å²) < 4.78 is 0. The van der Waals surface area contributed by atoms with Crippen LogP contribution in [0.2, 0.25) is 0 Å². The fourth-order valence-corrected chi connectivity index (χ4v) is 3.27. The van der Waals surface area contributed by atoms with Gasteiger partial charge in [0, 0.05) is 22.6 Å². The number of hydrogen-bond acceptors (Lipinski definition) is 5. The normalized spacial score (nSPS) is 13.8. The lowest BCUT2D eigenvalue weighted by atomic mass is 9.93. The van der Waals surface area contributed by atoms with Crippen molar-refractivity contribution in [2.75, 3.05) is 0 Å². The van der Waals surface area contributed by atoms with Gasteiger partial charge in [-0.15, -0.1) is 22.7 Å². The minimum atomic E-state index is -0.547. The Morgan fingerprint density at radius 1 is 1.22 bits per heavy atom. The van der Waals surface area contributed by atoms with Crippen molar-refractivity contribution in [1.29, 1.82) is 0 Å². The van der Waals surface area contributed by atoms with Crippen LogP contribution in [0.1, 0.15) is 48.3 Å². The largest absolute Gasteiger partial charge is 0.386 e. The second-order valence-electron chi connectivity index (χ2n) is 5.39. The van der Waals surface area contributed by atoms with E-state index in [9.17, 15) is 5.11 Å². The molecule has 98 valence electrons. The first-order valence-corrected chi connectivity index (χ1v) is 7.67. The highest BCUT2D eigenvalue weighted by atomic mass is 32.1. The number of aryl methyl sites for hydroxylation is 1. The van der Waals surface area contributed by atoms with Crippen LogP contribution >= 0.6 is 22.7 Å². The molecule has 0 saturated heterocycles. The highest BCUT2D eigenvalue weighted by molar-refractivity contribution is 7.10. The second-order valence-corrected chi connectivity index (χ2v) is 7.39. The molecule has 0 aliphatic rings. The summed E-state index contributed by atoms with van der Waals surface area (Å²) in [4.78, 5) is 8.90. The third-order valence-electron chi connectivity index (χ3n) is 2.67. The molecule has 0 fully saturated rings. The molecule has 3 nitrogen and oxygen atoms in total. The van der Waals surface area contributed by atoms with Gasteiger partial charge < -0.3 is 5.11 Å². The van der Waals surface area contributed by atoms with Gasteiger partial charge in [0.15, 0.2) is 0 Å². The minimum absolute atomic E-state index is 0.0664. The lowest BCUT2D eigenvalue weighted by Gasteiger charge is -2.14. The van der Waals surface area contributed by atoms with Gasteiger partial charge in [0.1, 0.15) is 6.10 Å². The first kappa shape index (κ1) is 13.6. The van der Waals surface area contributed by atoms with Gasteiger partial charge in [-0.25, -0.2) is 9.97 Å². The van der Waals surface area contributed by atoms with E-state index in [2.05, 4.69) is 36.1 Å². The van der Waals surface area contributed by atoms with E-state index in [4.69, 9.17) is 0 Å². The standard InChI is InChI=1S/C13H18N2OS2/c1-8-14-9(6-17-8)10(16)5-12-15-11(7-18-12)13(2,3)4/h6-7,10,16H,5H2,1-4H3. The van der Waals surface area contributed by atoms with E-state index in [0.29, 0.717) is 6.42 Å². The zero-order valence-corrected chi connectivity index (χ0v) is 12.7. The average molecular weight is 282 g/mol. The van der Waals surface area contributed by atoms with Crippen molar-refractivity contribution < 1.29 is 5.11 Å². The smallest absolute Gasteiger partial charge is 0.103 e. The molecule has 0 radical (unpaired) electrons. The van der Waals surface area contributed by atoms with E-state index < -0.39 is 6.10 Å². The number of aliphatic hydroxyl groups excluding tert-OH is 1. The summed E-state index contributed by atoms with van der Waals surface area (Å²) in [6.07, 6.45) is -0.00174. The molecular formula is C13H18N2OS2. The average Bonchev–Trinajstić information content (AvgIpc) is 2.85. The van der Waals surface area contributed by atoms with E-state index in [-0.39, 0.29) is 5.41 Å². The third kappa shape index (κ3) is 3.16. The van der Waals surface area contributed by atoms with Crippen LogP contribution in [0.5, 0.6) is 0 Å². The van der Waals surface area contributed by atoms with E-state index in [0.717, 1.165) is 21.4 Å². The highest BCUT2D eigenvalue weighted by Gasteiger charge is 2.19. The fraction of sp³-hybridized carbons (Fsp3) is 0.538. The molecule has 1 N–H and O–H groups in total. The molecule has 0 aliphatic heterocycles. The molecule has 0 amide bonds. The highest BCUT2D eigenvalue weighted by Crippen LogP contribution is 2.27. The maximum absolute atomic E-state index is 10.1. The molecule has 18 heavy (non-hydrogen) atoms. The van der Waals surface area contributed by atoms with Crippen molar-refractivity contribution in [1.82, 2.24) is 9.97 Å². The molecule has 0 bridgehead atoms. The van der Waals surface area contributed by atoms with Crippen LogP contribution in [0, 0.1) is 6.92 Å². The van der Waals surface area contributed by atoms with E-state index in [1.807, 2.05) is 12.3 Å². The first-order chi connectivity index (χ1) is 8.36. The Morgan fingerprint density at radius 2 is 1.94 bits per heavy atom. The zero-order valence-electron chi connectivity index (χ0n) is 11.1. The van der Waals surface area contributed by atoms with Crippen LogP contribution in [-0.4, -0.2) is 15.1 Å². The summed E-state index contributed by atoms with van der Waals surface area (Å²) in [5.74, 6) is 0. The molecule has 0 saturated carbocycles. The molecule has 5 heteroatoms. The van der Waals surface area contributed by atoms with Gasteiger partial charge in [0.25, 0.3) is 0 Å². The number of aromatic nitrogens is 2. The summed E-state index contributed by atoms with van der Waals surface area (Å²) >= 11 is 3.18. The predicted molar refractivity (Wildman–Crippen MR) is 76.3 cm³/mol. The van der Waals surface area contributed by atoms with Crippen LogP contribution in [0.3, 0.4) is 0 Å². The Morgan fingerprint density at radius 3 is 2.44 bits per heavy atom. The molecule has 0 spiro atoms. The molecule has 1 atom stereocenters. The quantitative estimate of drug-likeness (QED) is 0.937.